The van der Waals surface area contributed by atoms with Gasteiger partial charge in [-0.1, -0.05) is 37.2 Å². The van der Waals surface area contributed by atoms with Crippen LogP contribution >= 0.6 is 0 Å². The predicted molar refractivity (Wildman–Crippen MR) is 91.8 cm³/mol. The van der Waals surface area contributed by atoms with Gasteiger partial charge in [-0.05, 0) is 39.1 Å². The average Bonchev–Trinajstić information content (AvgIpc) is 2.50. The van der Waals surface area contributed by atoms with Crippen LogP contribution in [-0.2, 0) is 13.3 Å². The lowest BCUT2D eigenvalue weighted by Gasteiger charge is -2.28. The minimum atomic E-state index is -2.43. The molecule has 0 aromatic heterocycles. The van der Waals surface area contributed by atoms with Gasteiger partial charge in [0.05, 0.1) is 0 Å². The van der Waals surface area contributed by atoms with Gasteiger partial charge in [0.15, 0.2) is 0 Å². The Hall–Kier alpha value is -0.593. The first-order chi connectivity index (χ1) is 10.7. The summed E-state index contributed by atoms with van der Waals surface area (Å²) in [5, 5.41) is 3.54. The highest BCUT2D eigenvalue weighted by atomic mass is 28.4. The fraction of sp³-hybridized carbons (Fsp3) is 1.00. The zero-order chi connectivity index (χ0) is 16.5. The molecule has 0 saturated heterocycles. The highest BCUT2D eigenvalue weighted by Crippen LogP contribution is 2.20. The molecule has 130 valence electrons. The number of nitrogens with zero attached hydrogens (tertiary/aromatic N) is 3. The van der Waals surface area contributed by atoms with Gasteiger partial charge in [-0.15, -0.1) is 0 Å². The van der Waals surface area contributed by atoms with Gasteiger partial charge in [-0.3, -0.25) is 0 Å². The monoisotopic (exact) mass is 331 g/mol. The zero-order valence-corrected chi connectivity index (χ0v) is 15.6. The summed E-state index contributed by atoms with van der Waals surface area (Å²) in [6, 6.07) is 0.916. The van der Waals surface area contributed by atoms with Gasteiger partial charge in [-0.25, -0.2) is 0 Å². The summed E-state index contributed by atoms with van der Waals surface area (Å²) in [6.45, 7) is 8.57. The van der Waals surface area contributed by atoms with Crippen LogP contribution in [0.25, 0.3) is 10.4 Å². The van der Waals surface area contributed by atoms with Crippen LogP contribution < -0.4 is 0 Å². The third kappa shape index (κ3) is 11.0. The maximum Gasteiger partial charge on any atom is 0.500 e. The average molecular weight is 332 g/mol. The predicted octanol–water partition coefficient (Wildman–Crippen LogP) is 5.08. The molecule has 0 unspecified atom stereocenters. The first-order valence-electron chi connectivity index (χ1n) is 8.67. The van der Waals surface area contributed by atoms with Crippen molar-refractivity contribution in [1.82, 2.24) is 0 Å². The molecule has 0 aliphatic rings. The molecule has 7 heteroatoms. The van der Waals surface area contributed by atoms with Gasteiger partial charge in [0.2, 0.25) is 0 Å². The number of hydrogen-bond donors (Lipinski definition) is 0. The summed E-state index contributed by atoms with van der Waals surface area (Å²) in [4.78, 5) is 2.76. The molecule has 0 spiro atoms. The number of rotatable bonds is 16. The lowest BCUT2D eigenvalue weighted by atomic mass is 10.1. The van der Waals surface area contributed by atoms with Crippen molar-refractivity contribution in [2.75, 3.05) is 26.4 Å². The Kier molecular flexibility index (Phi) is 14.9. The fourth-order valence-corrected chi connectivity index (χ4v) is 5.14. The third-order valence-electron chi connectivity index (χ3n) is 3.40. The molecule has 0 N–H and O–H groups in total. The Morgan fingerprint density at radius 3 is 1.68 bits per heavy atom. The van der Waals surface area contributed by atoms with Crippen LogP contribution in [0.1, 0.15) is 65.7 Å². The van der Waals surface area contributed by atoms with Crippen molar-refractivity contribution >= 4 is 8.80 Å². The number of unbranched alkanes of at least 4 members (excludes halogenated alkanes) is 6. The standard InChI is InChI=1S/C15H33N3O3Si/c1-4-19-22(20-5-2,21-6-3)15-13-11-9-7-8-10-12-14-17-18-16/h4-15H2,1-3H3. The van der Waals surface area contributed by atoms with Gasteiger partial charge in [0.1, 0.15) is 0 Å². The highest BCUT2D eigenvalue weighted by Gasteiger charge is 2.39. The Labute approximate surface area is 136 Å². The lowest BCUT2D eigenvalue weighted by molar-refractivity contribution is 0.0706. The fourth-order valence-electron chi connectivity index (χ4n) is 2.45. The van der Waals surface area contributed by atoms with E-state index in [0.717, 1.165) is 25.3 Å². The maximum absolute atomic E-state index is 8.18. The smallest absolute Gasteiger partial charge is 0.374 e. The molecule has 0 aromatic carbocycles. The van der Waals surface area contributed by atoms with Crippen molar-refractivity contribution in [3.63, 3.8) is 0 Å². The summed E-state index contributed by atoms with van der Waals surface area (Å²) >= 11 is 0. The van der Waals surface area contributed by atoms with Gasteiger partial charge in [0.25, 0.3) is 0 Å². The van der Waals surface area contributed by atoms with Crippen LogP contribution in [0.4, 0.5) is 0 Å². The van der Waals surface area contributed by atoms with Crippen molar-refractivity contribution in [3.05, 3.63) is 10.4 Å². The quantitative estimate of drug-likeness (QED) is 0.130. The zero-order valence-electron chi connectivity index (χ0n) is 14.6. The second kappa shape index (κ2) is 15.3. The van der Waals surface area contributed by atoms with Gasteiger partial charge in [0, 0.05) is 37.3 Å². The van der Waals surface area contributed by atoms with Crippen LogP contribution in [0, 0.1) is 0 Å². The van der Waals surface area contributed by atoms with Crippen molar-refractivity contribution in [3.8, 4) is 0 Å². The maximum atomic E-state index is 8.18. The molecule has 0 amide bonds. The van der Waals surface area contributed by atoms with Gasteiger partial charge in [-0.2, -0.15) is 0 Å². The minimum absolute atomic E-state index is 0.627. The van der Waals surface area contributed by atoms with E-state index in [0.29, 0.717) is 26.4 Å². The molecule has 0 heterocycles. The molecule has 0 atom stereocenters. The lowest BCUT2D eigenvalue weighted by Crippen LogP contribution is -2.45. The van der Waals surface area contributed by atoms with Crippen LogP contribution in [0.15, 0.2) is 5.11 Å². The topological polar surface area (TPSA) is 76.5 Å². The van der Waals surface area contributed by atoms with Gasteiger partial charge < -0.3 is 13.3 Å². The molecule has 0 fully saturated rings. The van der Waals surface area contributed by atoms with E-state index in [4.69, 9.17) is 18.8 Å². The Bertz CT molecular complexity index is 283. The molecule has 0 rings (SSSR count). The summed E-state index contributed by atoms with van der Waals surface area (Å²) in [5.74, 6) is 0. The van der Waals surface area contributed by atoms with Crippen LogP contribution in [-0.4, -0.2) is 35.2 Å². The van der Waals surface area contributed by atoms with E-state index in [1.54, 1.807) is 0 Å². The van der Waals surface area contributed by atoms with E-state index in [9.17, 15) is 0 Å². The van der Waals surface area contributed by atoms with Crippen LogP contribution in [0.5, 0.6) is 0 Å². The third-order valence-corrected chi connectivity index (χ3v) is 6.55. The van der Waals surface area contributed by atoms with E-state index < -0.39 is 8.80 Å². The summed E-state index contributed by atoms with van der Waals surface area (Å²) in [7, 11) is -2.43. The molecular weight excluding hydrogens is 298 g/mol. The number of hydrogen-bond acceptors (Lipinski definition) is 4. The molecule has 0 bridgehead atoms. The van der Waals surface area contributed by atoms with E-state index in [-0.39, 0.29) is 0 Å². The molecular formula is C15H33N3O3Si. The normalized spacial score (nSPS) is 11.4. The minimum Gasteiger partial charge on any atom is -0.374 e. The summed E-state index contributed by atoms with van der Waals surface area (Å²) in [6.07, 6.45) is 8.13. The number of azide groups is 1. The molecule has 22 heavy (non-hydrogen) atoms. The molecule has 0 radical (unpaired) electrons. The van der Waals surface area contributed by atoms with Crippen molar-refractivity contribution in [1.29, 1.82) is 0 Å². The first kappa shape index (κ1) is 21.4. The molecule has 0 aliphatic carbocycles. The van der Waals surface area contributed by atoms with E-state index in [2.05, 4.69) is 10.0 Å². The van der Waals surface area contributed by atoms with Gasteiger partial charge >= 0.3 is 8.80 Å². The van der Waals surface area contributed by atoms with Crippen molar-refractivity contribution < 1.29 is 13.3 Å². The Morgan fingerprint density at radius 1 is 0.773 bits per heavy atom. The Balaban J connectivity index is 3.76. The largest absolute Gasteiger partial charge is 0.500 e. The molecule has 0 aromatic rings. The molecule has 0 aliphatic heterocycles. The second-order valence-corrected chi connectivity index (χ2v) is 7.89. The molecule has 0 saturated carbocycles. The highest BCUT2D eigenvalue weighted by molar-refractivity contribution is 6.60. The second-order valence-electron chi connectivity index (χ2n) is 5.16. The summed E-state index contributed by atoms with van der Waals surface area (Å²) in [5.41, 5.74) is 8.18. The Morgan fingerprint density at radius 2 is 1.23 bits per heavy atom. The van der Waals surface area contributed by atoms with Crippen LogP contribution in [0.2, 0.25) is 6.04 Å². The van der Waals surface area contributed by atoms with E-state index >= 15 is 0 Å². The van der Waals surface area contributed by atoms with Crippen LogP contribution in [0.3, 0.4) is 0 Å². The SMILES string of the molecule is CCO[Si](CCCCCCCCCN=[N+]=[N-])(OCC)OCC. The van der Waals surface area contributed by atoms with Crippen molar-refractivity contribution in [2.45, 2.75) is 71.8 Å². The van der Waals surface area contributed by atoms with E-state index in [1.807, 2.05) is 20.8 Å². The molecule has 6 nitrogen and oxygen atoms in total. The van der Waals surface area contributed by atoms with Crippen molar-refractivity contribution in [2.24, 2.45) is 5.11 Å². The van der Waals surface area contributed by atoms with E-state index in [1.165, 1.54) is 25.7 Å². The summed E-state index contributed by atoms with van der Waals surface area (Å²) < 4.78 is 17.5. The first-order valence-corrected chi connectivity index (χ1v) is 10.6.